The van der Waals surface area contributed by atoms with Crippen LogP contribution in [0.1, 0.15) is 25.5 Å². The van der Waals surface area contributed by atoms with Gasteiger partial charge in [-0.1, -0.05) is 6.07 Å². The molecule has 1 unspecified atom stereocenters. The largest absolute Gasteiger partial charge is 0.490 e. The van der Waals surface area contributed by atoms with Crippen LogP contribution in [0, 0.1) is 0 Å². The molecule has 0 bridgehead atoms. The van der Waals surface area contributed by atoms with E-state index in [1.807, 2.05) is 0 Å². The van der Waals surface area contributed by atoms with E-state index < -0.39 is 18.6 Å². The second-order valence-corrected chi connectivity index (χ2v) is 3.75. The van der Waals surface area contributed by atoms with Crippen LogP contribution in [-0.4, -0.2) is 25.8 Å². The third-order valence-corrected chi connectivity index (χ3v) is 2.38. The standard InChI is InChI=1S/C13H17F2NO4/c1-3-18-10-7-8(11(16)12(17)19-4-2)5-6-9(10)20-13(14)15/h5-7,11,13H,3-4,16H2,1-2H3. The lowest BCUT2D eigenvalue weighted by Crippen LogP contribution is -2.23. The van der Waals surface area contributed by atoms with Crippen molar-refractivity contribution in [1.82, 2.24) is 0 Å². The molecule has 7 heteroatoms. The molecule has 5 nitrogen and oxygen atoms in total. The highest BCUT2D eigenvalue weighted by Gasteiger charge is 2.20. The summed E-state index contributed by atoms with van der Waals surface area (Å²) in [6, 6.07) is 3.09. The Morgan fingerprint density at radius 1 is 1.25 bits per heavy atom. The van der Waals surface area contributed by atoms with Gasteiger partial charge in [-0.2, -0.15) is 8.78 Å². The summed E-state index contributed by atoms with van der Waals surface area (Å²) in [7, 11) is 0. The first-order valence-corrected chi connectivity index (χ1v) is 6.13. The Kier molecular flexibility index (Phi) is 6.17. The van der Waals surface area contributed by atoms with E-state index in [9.17, 15) is 13.6 Å². The number of benzene rings is 1. The van der Waals surface area contributed by atoms with Gasteiger partial charge < -0.3 is 19.9 Å². The van der Waals surface area contributed by atoms with E-state index in [1.54, 1.807) is 13.8 Å². The summed E-state index contributed by atoms with van der Waals surface area (Å²) >= 11 is 0. The van der Waals surface area contributed by atoms with E-state index in [4.69, 9.17) is 15.2 Å². The minimum atomic E-state index is -2.96. The maximum absolute atomic E-state index is 12.3. The van der Waals surface area contributed by atoms with E-state index in [-0.39, 0.29) is 24.7 Å². The summed E-state index contributed by atoms with van der Waals surface area (Å²) in [5.41, 5.74) is 6.12. The Morgan fingerprint density at radius 3 is 2.50 bits per heavy atom. The molecular formula is C13H17F2NO4. The summed E-state index contributed by atoms with van der Waals surface area (Å²) in [5.74, 6) is -0.607. The van der Waals surface area contributed by atoms with Crippen LogP contribution in [0.2, 0.25) is 0 Å². The number of hydrogen-bond donors (Lipinski definition) is 1. The Bertz CT molecular complexity index is 454. The van der Waals surface area contributed by atoms with E-state index in [2.05, 4.69) is 4.74 Å². The van der Waals surface area contributed by atoms with Gasteiger partial charge >= 0.3 is 12.6 Å². The Morgan fingerprint density at radius 2 is 1.95 bits per heavy atom. The normalized spacial score (nSPS) is 12.1. The number of ether oxygens (including phenoxy) is 3. The molecule has 0 fully saturated rings. The lowest BCUT2D eigenvalue weighted by molar-refractivity contribution is -0.144. The zero-order valence-electron chi connectivity index (χ0n) is 11.3. The van der Waals surface area contributed by atoms with E-state index in [0.29, 0.717) is 5.56 Å². The highest BCUT2D eigenvalue weighted by Crippen LogP contribution is 2.31. The van der Waals surface area contributed by atoms with Crippen LogP contribution in [-0.2, 0) is 9.53 Å². The molecule has 0 aromatic heterocycles. The van der Waals surface area contributed by atoms with Crippen molar-refractivity contribution in [1.29, 1.82) is 0 Å². The molecule has 1 aromatic carbocycles. The first-order chi connectivity index (χ1) is 9.49. The summed E-state index contributed by atoms with van der Waals surface area (Å²) in [6.45, 7) is 0.869. The first kappa shape index (κ1) is 16.2. The highest BCUT2D eigenvalue weighted by atomic mass is 19.3. The molecule has 1 atom stereocenters. The number of rotatable bonds is 7. The first-order valence-electron chi connectivity index (χ1n) is 6.13. The number of carbonyl (C=O) groups is 1. The molecule has 0 aliphatic heterocycles. The van der Waals surface area contributed by atoms with Crippen molar-refractivity contribution in [2.45, 2.75) is 26.5 Å². The molecule has 20 heavy (non-hydrogen) atoms. The van der Waals surface area contributed by atoms with Gasteiger partial charge in [0.2, 0.25) is 0 Å². The van der Waals surface area contributed by atoms with Crippen LogP contribution < -0.4 is 15.2 Å². The summed E-state index contributed by atoms with van der Waals surface area (Å²) in [4.78, 5) is 11.5. The van der Waals surface area contributed by atoms with Gasteiger partial charge in [-0.05, 0) is 31.5 Å². The predicted octanol–water partition coefficient (Wildman–Crippen LogP) is 2.25. The maximum atomic E-state index is 12.3. The Hall–Kier alpha value is -1.89. The molecular weight excluding hydrogens is 272 g/mol. The zero-order chi connectivity index (χ0) is 15.1. The number of halogens is 2. The molecule has 0 amide bonds. The summed E-state index contributed by atoms with van der Waals surface area (Å²) in [5, 5.41) is 0. The van der Waals surface area contributed by atoms with Gasteiger partial charge in [0.15, 0.2) is 11.5 Å². The number of nitrogens with two attached hydrogens (primary N) is 1. The van der Waals surface area contributed by atoms with Crippen LogP contribution >= 0.6 is 0 Å². The van der Waals surface area contributed by atoms with Crippen molar-refractivity contribution in [3.8, 4) is 11.5 Å². The summed E-state index contributed by atoms with van der Waals surface area (Å²) < 4.78 is 38.8. The van der Waals surface area contributed by atoms with E-state index in [1.165, 1.54) is 18.2 Å². The van der Waals surface area contributed by atoms with Gasteiger partial charge in [-0.15, -0.1) is 0 Å². The van der Waals surface area contributed by atoms with Crippen LogP contribution in [0.5, 0.6) is 11.5 Å². The Labute approximate surface area is 115 Å². The van der Waals surface area contributed by atoms with Crippen molar-refractivity contribution >= 4 is 5.97 Å². The molecule has 0 aliphatic carbocycles. The molecule has 112 valence electrons. The number of alkyl halides is 2. The molecule has 0 saturated carbocycles. The van der Waals surface area contributed by atoms with Crippen LogP contribution in [0.4, 0.5) is 8.78 Å². The van der Waals surface area contributed by atoms with Crippen molar-refractivity contribution in [2.75, 3.05) is 13.2 Å². The van der Waals surface area contributed by atoms with Crippen molar-refractivity contribution < 1.29 is 27.8 Å². The van der Waals surface area contributed by atoms with Crippen molar-refractivity contribution in [3.05, 3.63) is 23.8 Å². The third-order valence-electron chi connectivity index (χ3n) is 2.38. The smallest absolute Gasteiger partial charge is 0.387 e. The van der Waals surface area contributed by atoms with Gasteiger partial charge in [0, 0.05) is 0 Å². The van der Waals surface area contributed by atoms with Crippen LogP contribution in [0.3, 0.4) is 0 Å². The fraction of sp³-hybridized carbons (Fsp3) is 0.462. The van der Waals surface area contributed by atoms with Crippen LogP contribution in [0.25, 0.3) is 0 Å². The topological polar surface area (TPSA) is 70.8 Å². The molecule has 2 N–H and O–H groups in total. The minimum absolute atomic E-state index is 0.102. The van der Waals surface area contributed by atoms with Gasteiger partial charge in [-0.25, -0.2) is 4.79 Å². The Balaban J connectivity index is 2.99. The molecule has 0 heterocycles. The van der Waals surface area contributed by atoms with Gasteiger partial charge in [0.25, 0.3) is 0 Å². The van der Waals surface area contributed by atoms with Gasteiger partial charge in [-0.3, -0.25) is 0 Å². The second kappa shape index (κ2) is 7.64. The van der Waals surface area contributed by atoms with Crippen LogP contribution in [0.15, 0.2) is 18.2 Å². The SMILES string of the molecule is CCOC(=O)C(N)c1ccc(OC(F)F)c(OCC)c1. The second-order valence-electron chi connectivity index (χ2n) is 3.75. The number of esters is 1. The average Bonchev–Trinajstić information content (AvgIpc) is 2.40. The number of carbonyl (C=O) groups excluding carboxylic acids is 1. The number of hydrogen-bond acceptors (Lipinski definition) is 5. The third kappa shape index (κ3) is 4.34. The highest BCUT2D eigenvalue weighted by molar-refractivity contribution is 5.77. The summed E-state index contributed by atoms with van der Waals surface area (Å²) in [6.07, 6.45) is 0. The molecule has 0 aliphatic rings. The molecule has 0 radical (unpaired) electrons. The van der Waals surface area contributed by atoms with Crippen molar-refractivity contribution in [3.63, 3.8) is 0 Å². The maximum Gasteiger partial charge on any atom is 0.387 e. The lowest BCUT2D eigenvalue weighted by atomic mass is 10.1. The van der Waals surface area contributed by atoms with E-state index >= 15 is 0 Å². The fourth-order valence-corrected chi connectivity index (χ4v) is 1.55. The zero-order valence-corrected chi connectivity index (χ0v) is 11.3. The average molecular weight is 289 g/mol. The van der Waals surface area contributed by atoms with Gasteiger partial charge in [0.05, 0.1) is 13.2 Å². The fourth-order valence-electron chi connectivity index (χ4n) is 1.55. The monoisotopic (exact) mass is 289 g/mol. The predicted molar refractivity (Wildman–Crippen MR) is 67.8 cm³/mol. The van der Waals surface area contributed by atoms with E-state index in [0.717, 1.165) is 0 Å². The lowest BCUT2D eigenvalue weighted by Gasteiger charge is -2.15. The molecule has 1 aromatic rings. The molecule has 0 spiro atoms. The molecule has 0 saturated heterocycles. The quantitative estimate of drug-likeness (QED) is 0.779. The minimum Gasteiger partial charge on any atom is -0.490 e. The van der Waals surface area contributed by atoms with Gasteiger partial charge in [0.1, 0.15) is 6.04 Å². The molecule has 1 rings (SSSR count). The van der Waals surface area contributed by atoms with Crippen molar-refractivity contribution in [2.24, 2.45) is 5.73 Å².